The molecule has 0 saturated carbocycles. The number of hydrogen-bond acceptors (Lipinski definition) is 3. The SMILES string of the molecule is COC(CNC(=O)NCc1cccc(Cl)c1)OC. The molecule has 0 aromatic heterocycles. The highest BCUT2D eigenvalue weighted by atomic mass is 35.5. The average Bonchev–Trinajstić information content (AvgIpc) is 2.37. The van der Waals surface area contributed by atoms with Gasteiger partial charge in [0, 0.05) is 25.8 Å². The number of urea groups is 1. The number of nitrogens with one attached hydrogen (secondary N) is 2. The molecule has 0 heterocycles. The van der Waals surface area contributed by atoms with Crippen molar-refractivity contribution in [3.8, 4) is 0 Å². The van der Waals surface area contributed by atoms with E-state index in [2.05, 4.69) is 10.6 Å². The van der Waals surface area contributed by atoms with Gasteiger partial charge in [-0.2, -0.15) is 0 Å². The first kappa shape index (κ1) is 14.8. The second-order valence-corrected chi connectivity index (χ2v) is 4.03. The Morgan fingerprint density at radius 2 is 2.06 bits per heavy atom. The molecule has 0 fully saturated rings. The minimum Gasteiger partial charge on any atom is -0.354 e. The molecule has 0 saturated heterocycles. The Hall–Kier alpha value is -1.30. The standard InChI is InChI=1S/C12H17ClN2O3/c1-17-11(18-2)8-15-12(16)14-7-9-4-3-5-10(13)6-9/h3-6,11H,7-8H2,1-2H3,(H2,14,15,16). The molecule has 0 aliphatic carbocycles. The second kappa shape index (κ2) is 7.92. The van der Waals surface area contributed by atoms with Gasteiger partial charge in [0.25, 0.3) is 0 Å². The summed E-state index contributed by atoms with van der Waals surface area (Å²) in [6.07, 6.45) is -0.443. The molecule has 5 nitrogen and oxygen atoms in total. The minimum atomic E-state index is -0.443. The first-order valence-corrected chi connectivity index (χ1v) is 5.85. The van der Waals surface area contributed by atoms with Crippen molar-refractivity contribution in [3.05, 3.63) is 34.9 Å². The van der Waals surface area contributed by atoms with Gasteiger partial charge in [-0.05, 0) is 17.7 Å². The predicted molar refractivity (Wildman–Crippen MR) is 69.5 cm³/mol. The fraction of sp³-hybridized carbons (Fsp3) is 0.417. The predicted octanol–water partition coefficient (Wildman–Crippen LogP) is 1.76. The van der Waals surface area contributed by atoms with Gasteiger partial charge in [-0.25, -0.2) is 4.79 Å². The van der Waals surface area contributed by atoms with Gasteiger partial charge in [-0.3, -0.25) is 0 Å². The Morgan fingerprint density at radius 1 is 1.33 bits per heavy atom. The van der Waals surface area contributed by atoms with Gasteiger partial charge in [-0.1, -0.05) is 23.7 Å². The van der Waals surface area contributed by atoms with Crippen molar-refractivity contribution < 1.29 is 14.3 Å². The molecule has 0 aliphatic rings. The zero-order valence-corrected chi connectivity index (χ0v) is 11.2. The molecular weight excluding hydrogens is 256 g/mol. The Balaban J connectivity index is 2.29. The molecule has 1 rings (SSSR count). The van der Waals surface area contributed by atoms with E-state index >= 15 is 0 Å². The normalized spacial score (nSPS) is 10.4. The number of carbonyl (C=O) groups excluding carboxylic acids is 1. The lowest BCUT2D eigenvalue weighted by molar-refractivity contribution is -0.0971. The maximum absolute atomic E-state index is 11.5. The van der Waals surface area contributed by atoms with Crippen LogP contribution in [-0.4, -0.2) is 33.1 Å². The van der Waals surface area contributed by atoms with Crippen LogP contribution in [0.3, 0.4) is 0 Å². The summed E-state index contributed by atoms with van der Waals surface area (Å²) in [5.41, 5.74) is 0.938. The Labute approximate surface area is 111 Å². The Kier molecular flexibility index (Phi) is 6.49. The van der Waals surface area contributed by atoms with Crippen molar-refractivity contribution in [3.63, 3.8) is 0 Å². The van der Waals surface area contributed by atoms with Gasteiger partial charge >= 0.3 is 6.03 Å². The number of halogens is 1. The molecule has 2 amide bonds. The fourth-order valence-electron chi connectivity index (χ4n) is 1.33. The summed E-state index contributed by atoms with van der Waals surface area (Å²) in [6, 6.07) is 7.03. The smallest absolute Gasteiger partial charge is 0.315 e. The van der Waals surface area contributed by atoms with E-state index < -0.39 is 6.29 Å². The lowest BCUT2D eigenvalue weighted by Crippen LogP contribution is -2.40. The minimum absolute atomic E-state index is 0.283. The van der Waals surface area contributed by atoms with E-state index in [9.17, 15) is 4.79 Å². The lowest BCUT2D eigenvalue weighted by atomic mass is 10.2. The van der Waals surface area contributed by atoms with E-state index in [4.69, 9.17) is 21.1 Å². The van der Waals surface area contributed by atoms with Gasteiger partial charge in [0.1, 0.15) is 0 Å². The van der Waals surface area contributed by atoms with Gasteiger partial charge in [0.05, 0.1) is 6.54 Å². The topological polar surface area (TPSA) is 59.6 Å². The largest absolute Gasteiger partial charge is 0.354 e. The highest BCUT2D eigenvalue weighted by molar-refractivity contribution is 6.30. The van der Waals surface area contributed by atoms with E-state index in [1.807, 2.05) is 12.1 Å². The molecule has 1 aromatic carbocycles. The maximum Gasteiger partial charge on any atom is 0.315 e. The number of methoxy groups -OCH3 is 2. The third-order valence-electron chi connectivity index (χ3n) is 2.30. The molecule has 0 spiro atoms. The number of amides is 2. The van der Waals surface area contributed by atoms with Crippen LogP contribution in [0.25, 0.3) is 0 Å². The summed E-state index contributed by atoms with van der Waals surface area (Å²) >= 11 is 5.84. The van der Waals surface area contributed by atoms with Crippen molar-refractivity contribution in [1.82, 2.24) is 10.6 Å². The number of carbonyl (C=O) groups is 1. The molecule has 2 N–H and O–H groups in total. The van der Waals surface area contributed by atoms with Crippen LogP contribution >= 0.6 is 11.6 Å². The van der Waals surface area contributed by atoms with E-state index in [-0.39, 0.29) is 12.6 Å². The van der Waals surface area contributed by atoms with Crippen molar-refractivity contribution in [2.24, 2.45) is 0 Å². The van der Waals surface area contributed by atoms with E-state index in [1.54, 1.807) is 12.1 Å². The lowest BCUT2D eigenvalue weighted by Gasteiger charge is -2.14. The Morgan fingerprint density at radius 3 is 2.67 bits per heavy atom. The quantitative estimate of drug-likeness (QED) is 0.776. The van der Waals surface area contributed by atoms with Crippen LogP contribution in [-0.2, 0) is 16.0 Å². The number of benzene rings is 1. The zero-order chi connectivity index (χ0) is 13.4. The summed E-state index contributed by atoms with van der Waals surface area (Å²) in [6.45, 7) is 0.700. The first-order valence-electron chi connectivity index (χ1n) is 5.47. The van der Waals surface area contributed by atoms with Gasteiger partial charge in [-0.15, -0.1) is 0 Å². The van der Waals surface area contributed by atoms with Crippen LogP contribution in [0.1, 0.15) is 5.56 Å². The van der Waals surface area contributed by atoms with Crippen molar-refractivity contribution >= 4 is 17.6 Å². The highest BCUT2D eigenvalue weighted by Gasteiger charge is 2.07. The van der Waals surface area contributed by atoms with Crippen molar-refractivity contribution in [2.75, 3.05) is 20.8 Å². The number of ether oxygens (including phenoxy) is 2. The zero-order valence-electron chi connectivity index (χ0n) is 10.4. The van der Waals surface area contributed by atoms with E-state index in [0.717, 1.165) is 5.56 Å². The third kappa shape index (κ3) is 5.35. The summed E-state index contributed by atoms with van der Waals surface area (Å²) in [5, 5.41) is 5.99. The molecule has 6 heteroatoms. The van der Waals surface area contributed by atoms with Crippen LogP contribution in [0.15, 0.2) is 24.3 Å². The van der Waals surface area contributed by atoms with Crippen LogP contribution in [0.5, 0.6) is 0 Å². The molecule has 100 valence electrons. The summed E-state index contributed by atoms with van der Waals surface area (Å²) in [7, 11) is 3.03. The number of rotatable bonds is 6. The first-order chi connectivity index (χ1) is 8.65. The van der Waals surface area contributed by atoms with Crippen LogP contribution in [0.4, 0.5) is 4.79 Å². The fourth-order valence-corrected chi connectivity index (χ4v) is 1.54. The maximum atomic E-state index is 11.5. The van der Waals surface area contributed by atoms with Gasteiger partial charge in [0.15, 0.2) is 6.29 Å². The third-order valence-corrected chi connectivity index (χ3v) is 2.53. The van der Waals surface area contributed by atoms with Gasteiger partial charge < -0.3 is 20.1 Å². The summed E-state index contributed by atoms with van der Waals surface area (Å²) in [5.74, 6) is 0. The molecule has 1 aromatic rings. The van der Waals surface area contributed by atoms with Crippen LogP contribution in [0, 0.1) is 0 Å². The molecule has 0 aliphatic heterocycles. The van der Waals surface area contributed by atoms with Crippen molar-refractivity contribution in [1.29, 1.82) is 0 Å². The average molecular weight is 273 g/mol. The monoisotopic (exact) mass is 272 g/mol. The Bertz CT molecular complexity index is 383. The molecule has 0 bridgehead atoms. The van der Waals surface area contributed by atoms with Crippen molar-refractivity contribution in [2.45, 2.75) is 12.8 Å². The van der Waals surface area contributed by atoms with E-state index in [0.29, 0.717) is 11.6 Å². The van der Waals surface area contributed by atoms with Crippen LogP contribution < -0.4 is 10.6 Å². The molecule has 0 unspecified atom stereocenters. The molecule has 0 atom stereocenters. The van der Waals surface area contributed by atoms with E-state index in [1.165, 1.54) is 14.2 Å². The van der Waals surface area contributed by atoms with Crippen LogP contribution in [0.2, 0.25) is 5.02 Å². The summed E-state index contributed by atoms with van der Waals surface area (Å²) in [4.78, 5) is 11.5. The number of hydrogen-bond donors (Lipinski definition) is 2. The second-order valence-electron chi connectivity index (χ2n) is 3.59. The molecule has 0 radical (unpaired) electrons. The molecule has 18 heavy (non-hydrogen) atoms. The molecular formula is C12H17ClN2O3. The van der Waals surface area contributed by atoms with Gasteiger partial charge in [0.2, 0.25) is 0 Å². The summed E-state index contributed by atoms with van der Waals surface area (Å²) < 4.78 is 9.89. The highest BCUT2D eigenvalue weighted by Crippen LogP contribution is 2.09.